The van der Waals surface area contributed by atoms with Gasteiger partial charge in [-0.2, -0.15) is 9.78 Å². The Bertz CT molecular complexity index is 1480. The van der Waals surface area contributed by atoms with Gasteiger partial charge in [-0.1, -0.05) is 78.0 Å². The van der Waals surface area contributed by atoms with Gasteiger partial charge in [-0.15, -0.1) is 0 Å². The molecule has 174 valence electrons. The number of ether oxygens (including phenoxy) is 2. The van der Waals surface area contributed by atoms with Crippen molar-refractivity contribution in [3.63, 3.8) is 0 Å². The lowest BCUT2D eigenvalue weighted by molar-refractivity contribution is -0.137. The van der Waals surface area contributed by atoms with Crippen LogP contribution >= 0.6 is 11.8 Å². The standard InChI is InChI=1S/C29H24N2O3S/c1-20-12-16-26(17-13-20)35-28-21(2)30-31(24-10-4-3-5-11-24)29(28)34-27(32)19-33-25-15-14-22-8-6-7-9-23(22)18-25/h3-18H,19H2,1-2H3. The number of para-hydroxylation sites is 1. The van der Waals surface area contributed by atoms with Crippen LogP contribution in [-0.2, 0) is 4.79 Å². The van der Waals surface area contributed by atoms with Crippen molar-refractivity contribution in [2.24, 2.45) is 0 Å². The number of rotatable bonds is 7. The van der Waals surface area contributed by atoms with Crippen LogP contribution in [0.25, 0.3) is 16.5 Å². The van der Waals surface area contributed by atoms with Crippen molar-refractivity contribution in [2.45, 2.75) is 23.6 Å². The molecule has 0 amide bonds. The van der Waals surface area contributed by atoms with Crippen LogP contribution in [0, 0.1) is 13.8 Å². The number of aromatic nitrogens is 2. The van der Waals surface area contributed by atoms with Gasteiger partial charge in [0.25, 0.3) is 0 Å². The molecule has 0 aliphatic carbocycles. The summed E-state index contributed by atoms with van der Waals surface area (Å²) in [6.07, 6.45) is 0. The first-order valence-electron chi connectivity index (χ1n) is 11.3. The van der Waals surface area contributed by atoms with Crippen LogP contribution in [0.15, 0.2) is 107 Å². The largest absolute Gasteiger partial charge is 0.482 e. The number of aryl methyl sites for hydroxylation is 2. The molecule has 0 unspecified atom stereocenters. The summed E-state index contributed by atoms with van der Waals surface area (Å²) in [5, 5.41) is 6.84. The molecule has 0 bridgehead atoms. The van der Waals surface area contributed by atoms with Gasteiger partial charge in [0.15, 0.2) is 6.61 Å². The number of hydrogen-bond acceptors (Lipinski definition) is 5. The van der Waals surface area contributed by atoms with E-state index in [4.69, 9.17) is 9.47 Å². The first kappa shape index (κ1) is 22.7. The Morgan fingerprint density at radius 1 is 0.857 bits per heavy atom. The second-order valence-corrected chi connectivity index (χ2v) is 9.24. The van der Waals surface area contributed by atoms with E-state index in [-0.39, 0.29) is 6.61 Å². The second-order valence-electron chi connectivity index (χ2n) is 8.15. The minimum atomic E-state index is -0.499. The van der Waals surface area contributed by atoms with Crippen LogP contribution in [0.5, 0.6) is 11.6 Å². The van der Waals surface area contributed by atoms with Crippen molar-refractivity contribution in [1.29, 1.82) is 0 Å². The summed E-state index contributed by atoms with van der Waals surface area (Å²) in [7, 11) is 0. The molecule has 5 nitrogen and oxygen atoms in total. The molecule has 5 rings (SSSR count). The maximum absolute atomic E-state index is 12.9. The van der Waals surface area contributed by atoms with E-state index in [0.29, 0.717) is 11.6 Å². The number of benzene rings is 4. The molecule has 1 heterocycles. The maximum Gasteiger partial charge on any atom is 0.350 e. The zero-order valence-electron chi connectivity index (χ0n) is 19.5. The SMILES string of the molecule is Cc1ccc(Sc2c(C)nn(-c3ccccc3)c2OC(=O)COc2ccc3ccccc3c2)cc1. The van der Waals surface area contributed by atoms with E-state index in [1.54, 1.807) is 4.68 Å². The first-order valence-corrected chi connectivity index (χ1v) is 12.1. The molecule has 1 aromatic heterocycles. The van der Waals surface area contributed by atoms with E-state index in [0.717, 1.165) is 31.9 Å². The number of carbonyl (C=O) groups excluding carboxylic acids is 1. The summed E-state index contributed by atoms with van der Waals surface area (Å²) in [4.78, 5) is 14.7. The first-order chi connectivity index (χ1) is 17.1. The van der Waals surface area contributed by atoms with Crippen molar-refractivity contribution in [2.75, 3.05) is 6.61 Å². The second kappa shape index (κ2) is 10.1. The molecule has 0 radical (unpaired) electrons. The summed E-state index contributed by atoms with van der Waals surface area (Å²) in [6, 6.07) is 31.6. The molecule has 4 aromatic carbocycles. The minimum absolute atomic E-state index is 0.216. The minimum Gasteiger partial charge on any atom is -0.482 e. The van der Waals surface area contributed by atoms with Crippen molar-refractivity contribution >= 4 is 28.5 Å². The Balaban J connectivity index is 1.40. The lowest BCUT2D eigenvalue weighted by Crippen LogP contribution is -2.19. The average Bonchev–Trinajstić information content (AvgIpc) is 3.19. The predicted octanol–water partition coefficient (Wildman–Crippen LogP) is 6.78. The van der Waals surface area contributed by atoms with Crippen LogP contribution in [0.4, 0.5) is 0 Å². The fourth-order valence-electron chi connectivity index (χ4n) is 3.70. The molecule has 0 spiro atoms. The molecule has 0 aliphatic heterocycles. The van der Waals surface area contributed by atoms with E-state index in [2.05, 4.69) is 24.2 Å². The summed E-state index contributed by atoms with van der Waals surface area (Å²) in [5.41, 5.74) is 2.77. The van der Waals surface area contributed by atoms with E-state index >= 15 is 0 Å². The molecular formula is C29H24N2O3S. The molecule has 0 aliphatic rings. The van der Waals surface area contributed by atoms with Gasteiger partial charge in [0.1, 0.15) is 5.75 Å². The van der Waals surface area contributed by atoms with Gasteiger partial charge in [-0.25, -0.2) is 4.79 Å². The summed E-state index contributed by atoms with van der Waals surface area (Å²) in [6.45, 7) is 3.75. The fourth-order valence-corrected chi connectivity index (χ4v) is 4.62. The Hall–Kier alpha value is -4.03. The zero-order valence-corrected chi connectivity index (χ0v) is 20.3. The molecule has 0 N–H and O–H groups in total. The lowest BCUT2D eigenvalue weighted by Gasteiger charge is -2.11. The highest BCUT2D eigenvalue weighted by Gasteiger charge is 2.22. The highest BCUT2D eigenvalue weighted by molar-refractivity contribution is 7.99. The molecule has 35 heavy (non-hydrogen) atoms. The molecule has 0 atom stereocenters. The van der Waals surface area contributed by atoms with Gasteiger partial charge >= 0.3 is 5.97 Å². The maximum atomic E-state index is 12.9. The van der Waals surface area contributed by atoms with E-state index in [1.165, 1.54) is 17.3 Å². The van der Waals surface area contributed by atoms with E-state index < -0.39 is 5.97 Å². The summed E-state index contributed by atoms with van der Waals surface area (Å²) < 4.78 is 13.3. The number of hydrogen-bond donors (Lipinski definition) is 0. The van der Waals surface area contributed by atoms with Gasteiger partial charge in [-0.05, 0) is 61.0 Å². The van der Waals surface area contributed by atoms with Crippen molar-refractivity contribution in [1.82, 2.24) is 9.78 Å². The van der Waals surface area contributed by atoms with Crippen molar-refractivity contribution in [3.8, 4) is 17.3 Å². The quantitative estimate of drug-likeness (QED) is 0.240. The normalized spacial score (nSPS) is 10.9. The number of fused-ring (bicyclic) bond motifs is 1. The van der Waals surface area contributed by atoms with Crippen LogP contribution in [0.3, 0.4) is 0 Å². The molecule has 0 saturated heterocycles. The van der Waals surface area contributed by atoms with Gasteiger partial charge in [0.05, 0.1) is 16.3 Å². The molecule has 0 saturated carbocycles. The van der Waals surface area contributed by atoms with Gasteiger partial charge in [-0.3, -0.25) is 0 Å². The Kier molecular flexibility index (Phi) is 6.55. The van der Waals surface area contributed by atoms with Crippen molar-refractivity contribution in [3.05, 3.63) is 108 Å². The smallest absolute Gasteiger partial charge is 0.350 e. The summed E-state index contributed by atoms with van der Waals surface area (Å²) in [5.74, 6) is 0.495. The number of esters is 1. The van der Waals surface area contributed by atoms with Crippen LogP contribution in [0.1, 0.15) is 11.3 Å². The topological polar surface area (TPSA) is 53.4 Å². The average molecular weight is 481 g/mol. The number of carbonyl (C=O) groups is 1. The Labute approximate surface area is 208 Å². The van der Waals surface area contributed by atoms with Crippen LogP contribution in [-0.4, -0.2) is 22.4 Å². The summed E-state index contributed by atoms with van der Waals surface area (Å²) >= 11 is 1.52. The Morgan fingerprint density at radius 3 is 2.34 bits per heavy atom. The fraction of sp³-hybridized carbons (Fsp3) is 0.103. The third-order valence-electron chi connectivity index (χ3n) is 5.50. The van der Waals surface area contributed by atoms with Crippen molar-refractivity contribution < 1.29 is 14.3 Å². The monoisotopic (exact) mass is 480 g/mol. The Morgan fingerprint density at radius 2 is 1.57 bits per heavy atom. The predicted molar refractivity (Wildman–Crippen MR) is 139 cm³/mol. The molecular weight excluding hydrogens is 456 g/mol. The zero-order chi connectivity index (χ0) is 24.2. The third kappa shape index (κ3) is 5.23. The van der Waals surface area contributed by atoms with Crippen LogP contribution < -0.4 is 9.47 Å². The molecule has 0 fully saturated rings. The molecule has 6 heteroatoms. The van der Waals surface area contributed by atoms with E-state index in [9.17, 15) is 4.79 Å². The van der Waals surface area contributed by atoms with Gasteiger partial charge in [0, 0.05) is 4.90 Å². The van der Waals surface area contributed by atoms with Crippen LogP contribution in [0.2, 0.25) is 0 Å². The van der Waals surface area contributed by atoms with Gasteiger partial charge < -0.3 is 9.47 Å². The third-order valence-corrected chi connectivity index (χ3v) is 6.68. The highest BCUT2D eigenvalue weighted by Crippen LogP contribution is 2.39. The molecule has 5 aromatic rings. The van der Waals surface area contributed by atoms with E-state index in [1.807, 2.05) is 91.9 Å². The highest BCUT2D eigenvalue weighted by atomic mass is 32.2. The van der Waals surface area contributed by atoms with Gasteiger partial charge in [0.2, 0.25) is 5.88 Å². The number of nitrogens with zero attached hydrogens (tertiary/aromatic N) is 2. The lowest BCUT2D eigenvalue weighted by atomic mass is 10.1.